The summed E-state index contributed by atoms with van der Waals surface area (Å²) >= 11 is 0. The average molecular weight is 254 g/mol. The molecule has 0 fully saturated rings. The van der Waals surface area contributed by atoms with Crippen LogP contribution in [0.2, 0.25) is 0 Å². The van der Waals surface area contributed by atoms with Crippen molar-refractivity contribution in [3.8, 4) is 0 Å². The van der Waals surface area contributed by atoms with E-state index in [-0.39, 0.29) is 11.9 Å². The monoisotopic (exact) mass is 254 g/mol. The van der Waals surface area contributed by atoms with Crippen LogP contribution in [0, 0.1) is 5.92 Å². The van der Waals surface area contributed by atoms with Crippen LogP contribution in [0.1, 0.15) is 12.0 Å². The maximum atomic E-state index is 11.9. The molecule has 2 rings (SSSR count). The lowest BCUT2D eigenvalue weighted by Crippen LogP contribution is -2.14. The molecule has 0 N–H and O–H groups in total. The van der Waals surface area contributed by atoms with Gasteiger partial charge < -0.3 is 4.74 Å². The van der Waals surface area contributed by atoms with E-state index < -0.39 is 0 Å². The van der Waals surface area contributed by atoms with Crippen molar-refractivity contribution in [1.82, 2.24) is 0 Å². The van der Waals surface area contributed by atoms with Crippen molar-refractivity contribution >= 4 is 5.97 Å². The first-order chi connectivity index (χ1) is 9.31. The van der Waals surface area contributed by atoms with Crippen molar-refractivity contribution in [1.29, 1.82) is 0 Å². The molecule has 2 nitrogen and oxygen atoms in total. The van der Waals surface area contributed by atoms with Gasteiger partial charge in [-0.1, -0.05) is 60.7 Å². The molecule has 0 amide bonds. The van der Waals surface area contributed by atoms with E-state index in [1.165, 1.54) is 12.7 Å². The molecule has 1 aliphatic carbocycles. The summed E-state index contributed by atoms with van der Waals surface area (Å²) in [7, 11) is 1.43. The third-order valence-corrected chi connectivity index (χ3v) is 3.20. The number of ether oxygens (including phenoxy) is 1. The summed E-state index contributed by atoms with van der Waals surface area (Å²) in [4.78, 5) is 11.9. The summed E-state index contributed by atoms with van der Waals surface area (Å²) in [5.41, 5.74) is 1.94. The highest BCUT2D eigenvalue weighted by Crippen LogP contribution is 2.22. The lowest BCUT2D eigenvalue weighted by Gasteiger charge is -2.15. The number of methoxy groups -OCH3 is 1. The first-order valence-electron chi connectivity index (χ1n) is 6.47. The molecule has 0 saturated heterocycles. The van der Waals surface area contributed by atoms with Gasteiger partial charge in [-0.15, -0.1) is 0 Å². The largest absolute Gasteiger partial charge is 0.466 e. The van der Waals surface area contributed by atoms with Crippen molar-refractivity contribution in [2.24, 2.45) is 5.92 Å². The Balaban J connectivity index is 2.15. The minimum atomic E-state index is -0.235. The van der Waals surface area contributed by atoms with Crippen LogP contribution < -0.4 is 0 Å². The van der Waals surface area contributed by atoms with Gasteiger partial charge in [-0.05, 0) is 18.4 Å². The van der Waals surface area contributed by atoms with Crippen LogP contribution in [0.15, 0.2) is 66.3 Å². The fraction of sp³-hybridized carbons (Fsp3) is 0.235. The summed E-state index contributed by atoms with van der Waals surface area (Å²) < 4.78 is 4.89. The van der Waals surface area contributed by atoms with Gasteiger partial charge in [-0.2, -0.15) is 0 Å². The van der Waals surface area contributed by atoms with E-state index in [0.29, 0.717) is 0 Å². The van der Waals surface area contributed by atoms with Crippen LogP contribution in [0.5, 0.6) is 0 Å². The van der Waals surface area contributed by atoms with E-state index in [1.54, 1.807) is 0 Å². The average Bonchev–Trinajstić information content (AvgIpc) is 2.49. The minimum absolute atomic E-state index is 0.126. The molecule has 98 valence electrons. The molecule has 1 unspecified atom stereocenters. The molecule has 1 aromatic carbocycles. The fourth-order valence-corrected chi connectivity index (χ4v) is 2.16. The van der Waals surface area contributed by atoms with Crippen molar-refractivity contribution in [3.63, 3.8) is 0 Å². The normalized spacial score (nSPS) is 18.4. The van der Waals surface area contributed by atoms with Crippen LogP contribution in [-0.2, 0) is 16.0 Å². The highest BCUT2D eigenvalue weighted by Gasteiger charge is 2.19. The molecule has 1 aromatic rings. The predicted octanol–water partition coefficient (Wildman–Crippen LogP) is 3.46. The van der Waals surface area contributed by atoms with Gasteiger partial charge >= 0.3 is 5.97 Å². The van der Waals surface area contributed by atoms with Crippen molar-refractivity contribution in [2.45, 2.75) is 12.8 Å². The zero-order valence-electron chi connectivity index (χ0n) is 11.1. The minimum Gasteiger partial charge on any atom is -0.466 e. The van der Waals surface area contributed by atoms with Crippen LogP contribution in [0.4, 0.5) is 0 Å². The molecule has 0 radical (unpaired) electrons. The molecular weight excluding hydrogens is 236 g/mol. The van der Waals surface area contributed by atoms with Gasteiger partial charge in [0.25, 0.3) is 0 Å². The van der Waals surface area contributed by atoms with Gasteiger partial charge in [-0.3, -0.25) is 0 Å². The number of carbonyl (C=O) groups is 1. The Bertz CT molecular complexity index is 509. The maximum absolute atomic E-state index is 11.9. The molecule has 0 bridgehead atoms. The summed E-state index contributed by atoms with van der Waals surface area (Å²) in [5.74, 6) is -0.109. The zero-order chi connectivity index (χ0) is 13.5. The van der Waals surface area contributed by atoms with E-state index in [0.717, 1.165) is 18.4 Å². The Hall–Kier alpha value is -2.09. The molecule has 0 aliphatic heterocycles. The number of esters is 1. The fourth-order valence-electron chi connectivity index (χ4n) is 2.16. The third kappa shape index (κ3) is 3.68. The molecule has 0 aromatic heterocycles. The Morgan fingerprint density at radius 1 is 1.32 bits per heavy atom. The number of hydrogen-bond acceptors (Lipinski definition) is 2. The number of rotatable bonds is 4. The van der Waals surface area contributed by atoms with E-state index in [2.05, 4.69) is 18.2 Å². The van der Waals surface area contributed by atoms with E-state index >= 15 is 0 Å². The Morgan fingerprint density at radius 2 is 2.11 bits per heavy atom. The van der Waals surface area contributed by atoms with Gasteiger partial charge in [0.15, 0.2) is 0 Å². The molecule has 0 heterocycles. The highest BCUT2D eigenvalue weighted by atomic mass is 16.5. The lowest BCUT2D eigenvalue weighted by molar-refractivity contribution is -0.136. The molecular formula is C17H18O2. The van der Waals surface area contributed by atoms with Gasteiger partial charge in [0.2, 0.25) is 0 Å². The standard InChI is InChI=1S/C17H18O2/c1-19-17(18)16(15-10-6-3-7-11-15)13-12-14-8-4-2-5-9-14/h2-10,13,15H,11-12H2,1H3/b16-13+. The molecule has 19 heavy (non-hydrogen) atoms. The molecule has 0 spiro atoms. The lowest BCUT2D eigenvalue weighted by atomic mass is 9.91. The Kier molecular flexibility index (Phi) is 4.73. The second kappa shape index (κ2) is 6.74. The van der Waals surface area contributed by atoms with E-state index in [1.807, 2.05) is 42.5 Å². The van der Waals surface area contributed by atoms with Crippen LogP contribution in [0.25, 0.3) is 0 Å². The van der Waals surface area contributed by atoms with Crippen LogP contribution in [-0.4, -0.2) is 13.1 Å². The number of carbonyl (C=O) groups excluding carboxylic acids is 1. The van der Waals surface area contributed by atoms with E-state index in [9.17, 15) is 4.79 Å². The first-order valence-corrected chi connectivity index (χ1v) is 6.47. The van der Waals surface area contributed by atoms with Crippen molar-refractivity contribution < 1.29 is 9.53 Å². The van der Waals surface area contributed by atoms with Crippen LogP contribution in [0.3, 0.4) is 0 Å². The highest BCUT2D eigenvalue weighted by molar-refractivity contribution is 5.89. The summed E-state index contributed by atoms with van der Waals surface area (Å²) in [5, 5.41) is 0. The van der Waals surface area contributed by atoms with Crippen LogP contribution >= 0.6 is 0 Å². The second-order valence-corrected chi connectivity index (χ2v) is 4.50. The summed E-state index contributed by atoms with van der Waals surface area (Å²) in [6.07, 6.45) is 11.7. The number of allylic oxidation sites excluding steroid dienone is 5. The third-order valence-electron chi connectivity index (χ3n) is 3.20. The Morgan fingerprint density at radius 3 is 2.74 bits per heavy atom. The first kappa shape index (κ1) is 13.3. The maximum Gasteiger partial charge on any atom is 0.334 e. The predicted molar refractivity (Wildman–Crippen MR) is 76.6 cm³/mol. The molecule has 2 heteroatoms. The van der Waals surface area contributed by atoms with Crippen molar-refractivity contribution in [2.75, 3.05) is 7.11 Å². The number of hydrogen-bond donors (Lipinski definition) is 0. The summed E-state index contributed by atoms with van der Waals surface area (Å²) in [6, 6.07) is 10.1. The smallest absolute Gasteiger partial charge is 0.334 e. The second-order valence-electron chi connectivity index (χ2n) is 4.50. The number of benzene rings is 1. The molecule has 0 saturated carbocycles. The zero-order valence-corrected chi connectivity index (χ0v) is 11.1. The summed E-state index contributed by atoms with van der Waals surface area (Å²) in [6.45, 7) is 0. The van der Waals surface area contributed by atoms with Gasteiger partial charge in [0.1, 0.15) is 0 Å². The quantitative estimate of drug-likeness (QED) is 0.607. The van der Waals surface area contributed by atoms with E-state index in [4.69, 9.17) is 4.74 Å². The SMILES string of the molecule is COC(=O)/C(=C/Cc1ccccc1)C1C=CC=CC1. The molecule has 1 atom stereocenters. The topological polar surface area (TPSA) is 26.3 Å². The molecule has 1 aliphatic rings. The van der Waals surface area contributed by atoms with Gasteiger partial charge in [0.05, 0.1) is 7.11 Å². The van der Waals surface area contributed by atoms with Gasteiger partial charge in [0, 0.05) is 11.5 Å². The van der Waals surface area contributed by atoms with Gasteiger partial charge in [-0.25, -0.2) is 4.79 Å². The Labute approximate surface area is 114 Å². The van der Waals surface area contributed by atoms with Crippen molar-refractivity contribution in [3.05, 3.63) is 71.8 Å².